The summed E-state index contributed by atoms with van der Waals surface area (Å²) in [7, 11) is 0. The summed E-state index contributed by atoms with van der Waals surface area (Å²) in [6, 6.07) is 4.97. The maximum atomic E-state index is 11.5. The van der Waals surface area contributed by atoms with Gasteiger partial charge in [0.1, 0.15) is 0 Å². The molecule has 0 atom stereocenters. The van der Waals surface area contributed by atoms with Gasteiger partial charge in [0.15, 0.2) is 5.65 Å². The third kappa shape index (κ3) is 1.52. The summed E-state index contributed by atoms with van der Waals surface area (Å²) in [5, 5.41) is 10.3. The fourth-order valence-corrected chi connectivity index (χ4v) is 1.39. The quantitative estimate of drug-likeness (QED) is 0.771. The first-order chi connectivity index (χ1) is 7.24. The van der Waals surface area contributed by atoms with E-state index < -0.39 is 6.09 Å². The molecule has 0 aromatic carbocycles. The van der Waals surface area contributed by atoms with E-state index in [1.807, 2.05) is 0 Å². The second-order valence-electron chi connectivity index (χ2n) is 2.95. The second kappa shape index (κ2) is 3.61. The number of hydrogen-bond acceptors (Lipinski definition) is 4. The molecule has 2 aromatic rings. The van der Waals surface area contributed by atoms with E-state index >= 15 is 0 Å². The van der Waals surface area contributed by atoms with Gasteiger partial charge in [-0.15, -0.1) is 0 Å². The van der Waals surface area contributed by atoms with Crippen molar-refractivity contribution in [2.75, 3.05) is 6.61 Å². The Labute approximate surface area is 85.9 Å². The largest absolute Gasteiger partial charge is 0.494 e. The maximum absolute atomic E-state index is 11.5. The molecule has 0 fully saturated rings. The van der Waals surface area contributed by atoms with Crippen molar-refractivity contribution >= 4 is 17.1 Å². The van der Waals surface area contributed by atoms with Gasteiger partial charge in [0.05, 0.1) is 6.61 Å². The molecule has 1 N–H and O–H groups in total. The normalized spacial score (nSPS) is 10.5. The highest BCUT2D eigenvalue weighted by atomic mass is 16.5. The zero-order valence-electron chi connectivity index (χ0n) is 8.17. The molecule has 0 bridgehead atoms. The highest BCUT2D eigenvalue weighted by molar-refractivity contribution is 5.89. The average molecular weight is 206 g/mol. The zero-order valence-corrected chi connectivity index (χ0v) is 8.17. The lowest BCUT2D eigenvalue weighted by molar-refractivity contribution is 0.152. The Balaban J connectivity index is 2.58. The van der Waals surface area contributed by atoms with E-state index in [4.69, 9.17) is 4.74 Å². The number of rotatable bonds is 1. The minimum atomic E-state index is -0.622. The second-order valence-corrected chi connectivity index (χ2v) is 2.95. The van der Waals surface area contributed by atoms with Gasteiger partial charge in [-0.3, -0.25) is 0 Å². The van der Waals surface area contributed by atoms with Crippen molar-refractivity contribution in [2.45, 2.75) is 6.92 Å². The fraction of sp³-hybridized carbons (Fsp3) is 0.200. The number of carbonyl (C=O) groups excluding carboxylic acids is 1. The van der Waals surface area contributed by atoms with Crippen LogP contribution in [-0.4, -0.2) is 27.4 Å². The van der Waals surface area contributed by atoms with Crippen molar-refractivity contribution in [1.29, 1.82) is 0 Å². The lowest BCUT2D eigenvalue weighted by Crippen LogP contribution is -2.13. The van der Waals surface area contributed by atoms with Crippen molar-refractivity contribution < 1.29 is 14.6 Å². The molecule has 2 aromatic heterocycles. The highest BCUT2D eigenvalue weighted by Crippen LogP contribution is 2.22. The van der Waals surface area contributed by atoms with Gasteiger partial charge in [0, 0.05) is 17.6 Å². The maximum Gasteiger partial charge on any atom is 0.422 e. The molecular formula is C10H10N2O3. The minimum absolute atomic E-state index is 0.165. The van der Waals surface area contributed by atoms with E-state index in [0.29, 0.717) is 11.0 Å². The first-order valence-corrected chi connectivity index (χ1v) is 4.56. The molecule has 2 heterocycles. The monoisotopic (exact) mass is 206 g/mol. The average Bonchev–Trinajstić information content (AvgIpc) is 2.54. The smallest absolute Gasteiger partial charge is 0.422 e. The van der Waals surface area contributed by atoms with E-state index in [9.17, 15) is 9.90 Å². The minimum Gasteiger partial charge on any atom is -0.494 e. The van der Waals surface area contributed by atoms with Crippen LogP contribution in [-0.2, 0) is 4.74 Å². The first-order valence-electron chi connectivity index (χ1n) is 4.56. The van der Waals surface area contributed by atoms with Gasteiger partial charge in [0.2, 0.25) is 5.88 Å². The van der Waals surface area contributed by atoms with Crippen molar-refractivity contribution in [3.63, 3.8) is 0 Å². The molecule has 0 aliphatic rings. The van der Waals surface area contributed by atoms with Gasteiger partial charge in [-0.2, -0.15) is 4.57 Å². The van der Waals surface area contributed by atoms with Crippen LogP contribution in [0.4, 0.5) is 4.79 Å². The van der Waals surface area contributed by atoms with Crippen LogP contribution in [0, 0.1) is 0 Å². The van der Waals surface area contributed by atoms with Crippen molar-refractivity contribution in [1.82, 2.24) is 9.55 Å². The van der Waals surface area contributed by atoms with Crippen LogP contribution in [0.3, 0.4) is 0 Å². The van der Waals surface area contributed by atoms with Crippen LogP contribution in [0.15, 0.2) is 24.4 Å². The van der Waals surface area contributed by atoms with Gasteiger partial charge in [-0.1, -0.05) is 0 Å². The summed E-state index contributed by atoms with van der Waals surface area (Å²) in [6.07, 6.45) is 0.932. The van der Waals surface area contributed by atoms with Crippen LogP contribution in [0.2, 0.25) is 0 Å². The van der Waals surface area contributed by atoms with Gasteiger partial charge in [-0.05, 0) is 19.1 Å². The number of carbonyl (C=O) groups is 1. The fourth-order valence-electron chi connectivity index (χ4n) is 1.39. The molecule has 5 heteroatoms. The van der Waals surface area contributed by atoms with Gasteiger partial charge >= 0.3 is 6.09 Å². The molecule has 0 aliphatic carbocycles. The standard InChI is InChI=1S/C10H10N2O3/c1-2-15-10(14)12-8(13)6-7-4-3-5-11-9(7)12/h3-6,13H,2H2,1H3. The molecule has 15 heavy (non-hydrogen) atoms. The lowest BCUT2D eigenvalue weighted by Gasteiger charge is -2.03. The van der Waals surface area contributed by atoms with E-state index in [1.165, 1.54) is 6.07 Å². The van der Waals surface area contributed by atoms with Crippen molar-refractivity contribution in [3.05, 3.63) is 24.4 Å². The third-order valence-corrected chi connectivity index (χ3v) is 1.99. The number of aromatic nitrogens is 2. The number of fused-ring (bicyclic) bond motifs is 1. The summed E-state index contributed by atoms with van der Waals surface area (Å²) >= 11 is 0. The van der Waals surface area contributed by atoms with Gasteiger partial charge in [-0.25, -0.2) is 9.78 Å². The summed E-state index contributed by atoms with van der Waals surface area (Å²) in [4.78, 5) is 15.5. The number of hydrogen-bond donors (Lipinski definition) is 1. The Morgan fingerprint density at radius 1 is 1.67 bits per heavy atom. The molecule has 0 saturated carbocycles. The van der Waals surface area contributed by atoms with E-state index in [-0.39, 0.29) is 12.5 Å². The Morgan fingerprint density at radius 3 is 3.20 bits per heavy atom. The molecule has 0 spiro atoms. The SMILES string of the molecule is CCOC(=O)n1c(O)cc2cccnc21. The van der Waals surface area contributed by atoms with Crippen LogP contribution in [0.1, 0.15) is 6.92 Å². The number of pyridine rings is 1. The molecule has 0 saturated heterocycles. The molecule has 0 radical (unpaired) electrons. The predicted octanol–water partition coefficient (Wildman–Crippen LogP) is 1.75. The van der Waals surface area contributed by atoms with Crippen LogP contribution >= 0.6 is 0 Å². The van der Waals surface area contributed by atoms with Crippen LogP contribution in [0.5, 0.6) is 5.88 Å². The Hall–Kier alpha value is -2.04. The Morgan fingerprint density at radius 2 is 2.47 bits per heavy atom. The molecule has 0 unspecified atom stereocenters. The predicted molar refractivity (Wildman–Crippen MR) is 53.8 cm³/mol. The van der Waals surface area contributed by atoms with Gasteiger partial charge < -0.3 is 9.84 Å². The molecule has 5 nitrogen and oxygen atoms in total. The van der Waals surface area contributed by atoms with Gasteiger partial charge in [0.25, 0.3) is 0 Å². The zero-order chi connectivity index (χ0) is 10.8. The Kier molecular flexibility index (Phi) is 2.29. The van der Waals surface area contributed by atoms with Crippen LogP contribution in [0.25, 0.3) is 11.0 Å². The summed E-state index contributed by atoms with van der Waals surface area (Å²) in [5.74, 6) is -0.165. The summed E-state index contributed by atoms with van der Waals surface area (Å²) in [5.41, 5.74) is 0.397. The van der Waals surface area contributed by atoms with Crippen LogP contribution < -0.4 is 0 Å². The number of aromatic hydroxyl groups is 1. The molecule has 2 rings (SSSR count). The summed E-state index contributed by atoms with van der Waals surface area (Å²) < 4.78 is 5.84. The highest BCUT2D eigenvalue weighted by Gasteiger charge is 2.15. The first kappa shape index (κ1) is 9.51. The molecule has 0 aliphatic heterocycles. The molecular weight excluding hydrogens is 196 g/mol. The van der Waals surface area contributed by atoms with Crippen molar-refractivity contribution in [3.8, 4) is 5.88 Å². The number of nitrogens with zero attached hydrogens (tertiary/aromatic N) is 2. The summed E-state index contributed by atoms with van der Waals surface area (Å²) in [6.45, 7) is 1.96. The molecule has 0 amide bonds. The lowest BCUT2D eigenvalue weighted by atomic mass is 10.3. The Bertz CT molecular complexity index is 504. The van der Waals surface area contributed by atoms with Crippen molar-refractivity contribution in [2.24, 2.45) is 0 Å². The number of ether oxygens (including phenoxy) is 1. The van der Waals surface area contributed by atoms with E-state index in [1.54, 1.807) is 25.3 Å². The van der Waals surface area contributed by atoms with E-state index in [2.05, 4.69) is 4.98 Å². The molecule has 78 valence electrons. The topological polar surface area (TPSA) is 64.3 Å². The third-order valence-electron chi connectivity index (χ3n) is 1.99. The van der Waals surface area contributed by atoms with E-state index in [0.717, 1.165) is 4.57 Å².